The minimum Gasteiger partial charge on any atom is -0.356 e. The number of benzene rings is 2. The summed E-state index contributed by atoms with van der Waals surface area (Å²) in [7, 11) is 0. The lowest BCUT2D eigenvalue weighted by atomic mass is 9.84. The van der Waals surface area contributed by atoms with Crippen molar-refractivity contribution in [1.82, 2.24) is 4.90 Å². The first kappa shape index (κ1) is 17.8. The average molecular weight is 390 g/mol. The molecule has 1 N–H and O–H groups in total. The second-order valence-corrected chi connectivity index (χ2v) is 7.58. The lowest BCUT2D eigenvalue weighted by molar-refractivity contribution is -0.170. The third kappa shape index (κ3) is 2.61. The number of anilines is 1. The number of amides is 3. The number of nitrogens with zero attached hydrogens (tertiary/aromatic N) is 1. The maximum Gasteiger partial charge on any atom is 0.261 e. The summed E-state index contributed by atoms with van der Waals surface area (Å²) < 4.78 is 6.17. The minimum atomic E-state index is -1.33. The van der Waals surface area contributed by atoms with Crippen molar-refractivity contribution in [2.24, 2.45) is 0 Å². The molecule has 2 atom stereocenters. The van der Waals surface area contributed by atoms with Crippen molar-refractivity contribution in [3.8, 4) is 0 Å². The number of para-hydroxylation sites is 1. The van der Waals surface area contributed by atoms with Crippen LogP contribution in [0.1, 0.15) is 45.5 Å². The zero-order valence-electron chi connectivity index (χ0n) is 15.5. The third-order valence-corrected chi connectivity index (χ3v) is 5.80. The fraction of sp³-hybridized carbons (Fsp3) is 0.273. The molecule has 0 saturated carbocycles. The van der Waals surface area contributed by atoms with Crippen molar-refractivity contribution in [3.05, 3.63) is 65.2 Å². The first-order valence-corrected chi connectivity index (χ1v) is 9.55. The van der Waals surface area contributed by atoms with Gasteiger partial charge in [-0.05, 0) is 24.6 Å². The van der Waals surface area contributed by atoms with Crippen molar-refractivity contribution >= 4 is 29.2 Å². The van der Waals surface area contributed by atoms with Gasteiger partial charge in [-0.1, -0.05) is 30.3 Å². The van der Waals surface area contributed by atoms with E-state index in [4.69, 9.17) is 4.74 Å². The highest BCUT2D eigenvalue weighted by Gasteiger charge is 2.53. The Bertz CT molecular complexity index is 1040. The van der Waals surface area contributed by atoms with E-state index in [1.54, 1.807) is 42.5 Å². The molecule has 1 spiro atoms. The van der Waals surface area contributed by atoms with E-state index in [-0.39, 0.29) is 49.3 Å². The van der Waals surface area contributed by atoms with Gasteiger partial charge in [-0.3, -0.25) is 24.1 Å². The second kappa shape index (κ2) is 6.35. The number of carbonyl (C=O) groups excluding carboxylic acids is 4. The van der Waals surface area contributed by atoms with Crippen LogP contribution in [0.3, 0.4) is 0 Å². The van der Waals surface area contributed by atoms with Gasteiger partial charge in [0.05, 0.1) is 17.2 Å². The molecule has 1 unspecified atom stereocenters. The largest absolute Gasteiger partial charge is 0.356 e. The number of carbonyl (C=O) groups is 4. The number of ketones is 1. The number of rotatable bonds is 3. The van der Waals surface area contributed by atoms with Gasteiger partial charge in [-0.25, -0.2) is 0 Å². The molecule has 0 bridgehead atoms. The molecular formula is C22H18N2O5. The predicted molar refractivity (Wildman–Crippen MR) is 102 cm³/mol. The summed E-state index contributed by atoms with van der Waals surface area (Å²) in [4.78, 5) is 51.5. The molecule has 0 aromatic heterocycles. The fourth-order valence-electron chi connectivity index (χ4n) is 4.43. The van der Waals surface area contributed by atoms with Gasteiger partial charge >= 0.3 is 0 Å². The topological polar surface area (TPSA) is 92.8 Å². The number of Topliss-reactive ketones (excluding diaryl/α,β-unsaturated/α-hetero) is 1. The highest BCUT2D eigenvalue weighted by Crippen LogP contribution is 2.45. The van der Waals surface area contributed by atoms with Crippen LogP contribution in [0.4, 0.5) is 5.69 Å². The Labute approximate surface area is 166 Å². The van der Waals surface area contributed by atoms with Crippen LogP contribution in [0.5, 0.6) is 0 Å². The Morgan fingerprint density at radius 3 is 2.34 bits per heavy atom. The molecule has 3 heterocycles. The van der Waals surface area contributed by atoms with Crippen molar-refractivity contribution in [3.63, 3.8) is 0 Å². The SMILES string of the molecule is O=C1C[C@@H](CCN2C(=O)c3ccccc3C2=O)OC2(C1)C(=O)Nc1ccccc12. The average Bonchev–Trinajstić information content (AvgIpc) is 3.12. The molecule has 0 radical (unpaired) electrons. The van der Waals surface area contributed by atoms with E-state index in [0.717, 1.165) is 0 Å². The number of hydrogen-bond donors (Lipinski definition) is 1. The van der Waals surface area contributed by atoms with Crippen molar-refractivity contribution in [1.29, 1.82) is 0 Å². The van der Waals surface area contributed by atoms with Crippen LogP contribution in [0.15, 0.2) is 48.5 Å². The van der Waals surface area contributed by atoms with Crippen LogP contribution in [-0.4, -0.2) is 41.1 Å². The van der Waals surface area contributed by atoms with Crippen LogP contribution in [0.25, 0.3) is 0 Å². The van der Waals surface area contributed by atoms with E-state index in [2.05, 4.69) is 5.32 Å². The van der Waals surface area contributed by atoms with E-state index in [1.807, 2.05) is 6.07 Å². The van der Waals surface area contributed by atoms with E-state index < -0.39 is 11.7 Å². The molecular weight excluding hydrogens is 372 g/mol. The summed E-state index contributed by atoms with van der Waals surface area (Å²) >= 11 is 0. The van der Waals surface area contributed by atoms with Crippen LogP contribution < -0.4 is 5.32 Å². The molecule has 0 aliphatic carbocycles. The summed E-state index contributed by atoms with van der Waals surface area (Å²) in [5.41, 5.74) is 0.742. The number of fused-ring (bicyclic) bond motifs is 3. The van der Waals surface area contributed by atoms with E-state index >= 15 is 0 Å². The van der Waals surface area contributed by atoms with Gasteiger partial charge in [0, 0.05) is 30.6 Å². The summed E-state index contributed by atoms with van der Waals surface area (Å²) in [5.74, 6) is -1.11. The minimum absolute atomic E-state index is 0.0145. The van der Waals surface area contributed by atoms with Gasteiger partial charge < -0.3 is 10.1 Å². The molecule has 1 saturated heterocycles. The summed E-state index contributed by atoms with van der Waals surface area (Å²) in [5, 5.41) is 2.79. The Kier molecular flexibility index (Phi) is 3.89. The molecule has 3 aliphatic heterocycles. The predicted octanol–water partition coefficient (Wildman–Crippen LogP) is 2.27. The molecule has 2 aromatic rings. The van der Waals surface area contributed by atoms with Crippen LogP contribution in [-0.2, 0) is 19.9 Å². The summed E-state index contributed by atoms with van der Waals surface area (Å²) in [6.07, 6.45) is -0.133. The third-order valence-electron chi connectivity index (χ3n) is 5.80. The molecule has 2 aromatic carbocycles. The molecule has 7 heteroatoms. The highest BCUT2D eigenvalue weighted by atomic mass is 16.5. The lowest BCUT2D eigenvalue weighted by Crippen LogP contribution is -2.48. The molecule has 3 aliphatic rings. The molecule has 29 heavy (non-hydrogen) atoms. The Balaban J connectivity index is 1.36. The molecule has 5 rings (SSSR count). The smallest absolute Gasteiger partial charge is 0.261 e. The second-order valence-electron chi connectivity index (χ2n) is 7.58. The van der Waals surface area contributed by atoms with Crippen molar-refractivity contribution in [2.75, 3.05) is 11.9 Å². The van der Waals surface area contributed by atoms with E-state index in [9.17, 15) is 19.2 Å². The molecule has 7 nitrogen and oxygen atoms in total. The van der Waals surface area contributed by atoms with Crippen LogP contribution in [0, 0.1) is 0 Å². The highest BCUT2D eigenvalue weighted by molar-refractivity contribution is 6.21. The lowest BCUT2D eigenvalue weighted by Gasteiger charge is -2.36. The number of ether oxygens (including phenoxy) is 1. The zero-order chi connectivity index (χ0) is 20.2. The normalized spacial score (nSPS) is 25.4. The fourth-order valence-corrected chi connectivity index (χ4v) is 4.43. The monoisotopic (exact) mass is 390 g/mol. The molecule has 146 valence electrons. The first-order chi connectivity index (χ1) is 14.0. The Morgan fingerprint density at radius 1 is 0.966 bits per heavy atom. The molecule has 1 fully saturated rings. The van der Waals surface area contributed by atoms with Gasteiger partial charge in [0.25, 0.3) is 17.7 Å². The van der Waals surface area contributed by atoms with E-state index in [1.165, 1.54) is 4.90 Å². The number of imide groups is 1. The number of hydrogen-bond acceptors (Lipinski definition) is 5. The van der Waals surface area contributed by atoms with Crippen LogP contribution in [0.2, 0.25) is 0 Å². The maximum atomic E-state index is 12.7. The van der Waals surface area contributed by atoms with Crippen molar-refractivity contribution < 1.29 is 23.9 Å². The van der Waals surface area contributed by atoms with Gasteiger partial charge in [0.2, 0.25) is 0 Å². The standard InChI is InChI=1S/C22H18N2O5/c25-13-11-14(9-10-24-19(26)15-5-1-2-6-16(15)20(24)27)29-22(12-13)17-7-3-4-8-18(17)23-21(22)28/h1-8,14H,9-12H2,(H,23,28)/t14-,22?/m1/s1. The molecule has 3 amide bonds. The zero-order valence-corrected chi connectivity index (χ0v) is 15.5. The maximum absolute atomic E-state index is 12.7. The Morgan fingerprint density at radius 2 is 1.62 bits per heavy atom. The number of nitrogens with one attached hydrogen (secondary N) is 1. The van der Waals surface area contributed by atoms with Gasteiger partial charge in [-0.15, -0.1) is 0 Å². The summed E-state index contributed by atoms with van der Waals surface area (Å²) in [6, 6.07) is 13.9. The Hall–Kier alpha value is -3.32. The van der Waals surface area contributed by atoms with Gasteiger partial charge in [0.15, 0.2) is 5.60 Å². The van der Waals surface area contributed by atoms with E-state index in [0.29, 0.717) is 22.4 Å². The summed E-state index contributed by atoms with van der Waals surface area (Å²) in [6.45, 7) is 0.129. The van der Waals surface area contributed by atoms with Crippen LogP contribution >= 0.6 is 0 Å². The quantitative estimate of drug-likeness (QED) is 0.812. The van der Waals surface area contributed by atoms with Gasteiger partial charge in [-0.2, -0.15) is 0 Å². The van der Waals surface area contributed by atoms with Crippen molar-refractivity contribution in [2.45, 2.75) is 31.0 Å². The van der Waals surface area contributed by atoms with Gasteiger partial charge in [0.1, 0.15) is 5.78 Å². The first-order valence-electron chi connectivity index (χ1n) is 9.55.